The molecule has 116 valence electrons. The maximum absolute atomic E-state index is 11.7. The summed E-state index contributed by atoms with van der Waals surface area (Å²) in [6.07, 6.45) is 0.379. The molecule has 22 heavy (non-hydrogen) atoms. The van der Waals surface area contributed by atoms with Crippen LogP contribution in [0.15, 0.2) is 36.4 Å². The van der Waals surface area contributed by atoms with Gasteiger partial charge in [-0.3, -0.25) is 4.79 Å². The third-order valence-electron chi connectivity index (χ3n) is 3.85. The van der Waals surface area contributed by atoms with Crippen molar-refractivity contribution in [3.63, 3.8) is 0 Å². The molecule has 2 aromatic carbocycles. The van der Waals surface area contributed by atoms with Gasteiger partial charge in [-0.15, -0.1) is 0 Å². The third kappa shape index (κ3) is 3.88. The van der Waals surface area contributed by atoms with Crippen LogP contribution >= 0.6 is 0 Å². The number of amides is 1. The van der Waals surface area contributed by atoms with Crippen molar-refractivity contribution in [2.75, 3.05) is 7.05 Å². The van der Waals surface area contributed by atoms with Crippen molar-refractivity contribution in [3.8, 4) is 5.75 Å². The van der Waals surface area contributed by atoms with Gasteiger partial charge in [0, 0.05) is 7.05 Å². The van der Waals surface area contributed by atoms with E-state index in [1.165, 1.54) is 5.56 Å². The average Bonchev–Trinajstić information content (AvgIpc) is 2.49. The van der Waals surface area contributed by atoms with E-state index in [9.17, 15) is 4.79 Å². The molecule has 3 nitrogen and oxygen atoms in total. The SMILES string of the molecule is CNC(=O)Cc1cccc(C)c1COc1cc(C)ccc1C. The summed E-state index contributed by atoms with van der Waals surface area (Å²) in [5, 5.41) is 2.67. The van der Waals surface area contributed by atoms with Gasteiger partial charge in [-0.2, -0.15) is 0 Å². The molecule has 0 aliphatic heterocycles. The van der Waals surface area contributed by atoms with Gasteiger partial charge in [-0.05, 0) is 54.7 Å². The Kier molecular flexibility index (Phi) is 5.21. The number of benzene rings is 2. The summed E-state index contributed by atoms with van der Waals surface area (Å²) >= 11 is 0. The van der Waals surface area contributed by atoms with Crippen molar-refractivity contribution in [1.29, 1.82) is 0 Å². The molecule has 0 radical (unpaired) electrons. The minimum Gasteiger partial charge on any atom is -0.489 e. The summed E-state index contributed by atoms with van der Waals surface area (Å²) in [6, 6.07) is 12.2. The monoisotopic (exact) mass is 297 g/mol. The van der Waals surface area contributed by atoms with Gasteiger partial charge in [-0.1, -0.05) is 30.3 Å². The molecule has 0 saturated heterocycles. The lowest BCUT2D eigenvalue weighted by molar-refractivity contribution is -0.119. The number of carbonyl (C=O) groups is 1. The van der Waals surface area contributed by atoms with Crippen LogP contribution in [0.5, 0.6) is 5.75 Å². The molecule has 0 fully saturated rings. The number of nitrogens with one attached hydrogen (secondary N) is 1. The zero-order chi connectivity index (χ0) is 16.1. The summed E-state index contributed by atoms with van der Waals surface area (Å²) in [5.41, 5.74) is 5.55. The van der Waals surface area contributed by atoms with E-state index < -0.39 is 0 Å². The van der Waals surface area contributed by atoms with E-state index in [-0.39, 0.29) is 5.91 Å². The molecule has 0 aromatic heterocycles. The fraction of sp³-hybridized carbons (Fsp3) is 0.316. The van der Waals surface area contributed by atoms with Gasteiger partial charge < -0.3 is 10.1 Å². The number of aryl methyl sites for hydroxylation is 3. The lowest BCUT2D eigenvalue weighted by atomic mass is 10.00. The van der Waals surface area contributed by atoms with Crippen LogP contribution in [0.1, 0.15) is 27.8 Å². The molecule has 0 atom stereocenters. The smallest absolute Gasteiger partial charge is 0.224 e. The maximum Gasteiger partial charge on any atom is 0.224 e. The first-order chi connectivity index (χ1) is 10.5. The number of rotatable bonds is 5. The van der Waals surface area contributed by atoms with Crippen LogP contribution in [0.25, 0.3) is 0 Å². The largest absolute Gasteiger partial charge is 0.489 e. The van der Waals surface area contributed by atoms with Crippen molar-refractivity contribution >= 4 is 5.91 Å². The highest BCUT2D eigenvalue weighted by Gasteiger charge is 2.10. The Morgan fingerprint density at radius 1 is 1.09 bits per heavy atom. The van der Waals surface area contributed by atoms with Crippen LogP contribution in [-0.2, 0) is 17.8 Å². The molecule has 0 aliphatic rings. The molecule has 0 saturated carbocycles. The molecule has 2 aromatic rings. The minimum atomic E-state index is 0.0126. The Bertz CT molecular complexity index is 677. The van der Waals surface area contributed by atoms with Crippen molar-refractivity contribution in [3.05, 3.63) is 64.2 Å². The number of likely N-dealkylation sites (N-methyl/N-ethyl adjacent to an activating group) is 1. The summed E-state index contributed by atoms with van der Waals surface area (Å²) in [4.78, 5) is 11.7. The Morgan fingerprint density at radius 3 is 2.59 bits per heavy atom. The molecule has 1 N–H and O–H groups in total. The Hall–Kier alpha value is -2.29. The van der Waals surface area contributed by atoms with E-state index in [2.05, 4.69) is 37.4 Å². The van der Waals surface area contributed by atoms with Gasteiger partial charge >= 0.3 is 0 Å². The lowest BCUT2D eigenvalue weighted by Crippen LogP contribution is -2.21. The first-order valence-corrected chi connectivity index (χ1v) is 7.49. The Balaban J connectivity index is 2.21. The average molecular weight is 297 g/mol. The standard InChI is InChI=1S/C19H23NO2/c1-13-8-9-15(3)18(10-13)22-12-17-14(2)6-5-7-16(17)11-19(21)20-4/h5-10H,11-12H2,1-4H3,(H,20,21). The molecule has 2 rings (SSSR count). The molecule has 0 aliphatic carbocycles. The summed E-state index contributed by atoms with van der Waals surface area (Å²) in [7, 11) is 1.66. The molecule has 0 unspecified atom stereocenters. The molecule has 1 amide bonds. The number of ether oxygens (including phenoxy) is 1. The molecule has 0 bridgehead atoms. The molecular weight excluding hydrogens is 274 g/mol. The maximum atomic E-state index is 11.7. The van der Waals surface area contributed by atoms with Crippen LogP contribution in [0.3, 0.4) is 0 Å². The van der Waals surface area contributed by atoms with Crippen molar-refractivity contribution in [1.82, 2.24) is 5.32 Å². The van der Waals surface area contributed by atoms with Crippen LogP contribution < -0.4 is 10.1 Å². The van der Waals surface area contributed by atoms with Crippen LogP contribution in [0.2, 0.25) is 0 Å². The van der Waals surface area contributed by atoms with E-state index >= 15 is 0 Å². The second-order valence-corrected chi connectivity index (χ2v) is 5.62. The molecule has 3 heteroatoms. The molecule has 0 spiro atoms. The highest BCUT2D eigenvalue weighted by molar-refractivity contribution is 5.78. The minimum absolute atomic E-state index is 0.0126. The highest BCUT2D eigenvalue weighted by Crippen LogP contribution is 2.23. The summed E-state index contributed by atoms with van der Waals surface area (Å²) < 4.78 is 6.01. The first kappa shape index (κ1) is 16.1. The number of carbonyl (C=O) groups excluding carboxylic acids is 1. The summed E-state index contributed by atoms with van der Waals surface area (Å²) in [6.45, 7) is 6.62. The second kappa shape index (κ2) is 7.12. The van der Waals surface area contributed by atoms with E-state index in [0.29, 0.717) is 13.0 Å². The fourth-order valence-electron chi connectivity index (χ4n) is 2.41. The topological polar surface area (TPSA) is 38.3 Å². The predicted octanol–water partition coefficient (Wildman–Crippen LogP) is 3.48. The van der Waals surface area contributed by atoms with Crippen LogP contribution in [0.4, 0.5) is 0 Å². The Morgan fingerprint density at radius 2 is 1.86 bits per heavy atom. The van der Waals surface area contributed by atoms with Crippen LogP contribution in [-0.4, -0.2) is 13.0 Å². The van der Waals surface area contributed by atoms with Gasteiger partial charge in [0.05, 0.1) is 6.42 Å². The summed E-state index contributed by atoms with van der Waals surface area (Å²) in [5.74, 6) is 0.910. The lowest BCUT2D eigenvalue weighted by Gasteiger charge is -2.15. The van der Waals surface area contributed by atoms with Gasteiger partial charge in [0.15, 0.2) is 0 Å². The highest BCUT2D eigenvalue weighted by atomic mass is 16.5. The van der Waals surface area contributed by atoms with Crippen LogP contribution in [0, 0.1) is 20.8 Å². The fourth-order valence-corrected chi connectivity index (χ4v) is 2.41. The first-order valence-electron chi connectivity index (χ1n) is 7.49. The van der Waals surface area contributed by atoms with Gasteiger partial charge in [0.1, 0.15) is 12.4 Å². The number of hydrogen-bond donors (Lipinski definition) is 1. The van der Waals surface area contributed by atoms with E-state index in [1.54, 1.807) is 7.05 Å². The quantitative estimate of drug-likeness (QED) is 0.917. The molecule has 0 heterocycles. The second-order valence-electron chi connectivity index (χ2n) is 5.62. The van der Waals surface area contributed by atoms with Gasteiger partial charge in [-0.25, -0.2) is 0 Å². The van der Waals surface area contributed by atoms with Crippen molar-refractivity contribution in [2.24, 2.45) is 0 Å². The predicted molar refractivity (Wildman–Crippen MR) is 89.2 cm³/mol. The van der Waals surface area contributed by atoms with Gasteiger partial charge in [0.25, 0.3) is 0 Å². The Labute approximate surface area is 132 Å². The molecular formula is C19H23NO2. The zero-order valence-electron chi connectivity index (χ0n) is 13.7. The van der Waals surface area contributed by atoms with E-state index in [0.717, 1.165) is 28.0 Å². The van der Waals surface area contributed by atoms with Crippen molar-refractivity contribution < 1.29 is 9.53 Å². The van der Waals surface area contributed by atoms with E-state index in [1.807, 2.05) is 25.1 Å². The van der Waals surface area contributed by atoms with E-state index in [4.69, 9.17) is 4.74 Å². The van der Waals surface area contributed by atoms with Crippen molar-refractivity contribution in [2.45, 2.75) is 33.8 Å². The normalized spacial score (nSPS) is 10.4. The third-order valence-corrected chi connectivity index (χ3v) is 3.85. The number of hydrogen-bond acceptors (Lipinski definition) is 2. The zero-order valence-corrected chi connectivity index (χ0v) is 13.7. The van der Waals surface area contributed by atoms with Gasteiger partial charge in [0.2, 0.25) is 5.91 Å².